The van der Waals surface area contributed by atoms with Gasteiger partial charge in [-0.15, -0.1) is 0 Å². The number of aliphatic hydroxyl groups is 1. The maximum Gasteiger partial charge on any atom is 0.336 e. The van der Waals surface area contributed by atoms with Gasteiger partial charge in [-0.1, -0.05) is 132 Å². The van der Waals surface area contributed by atoms with Gasteiger partial charge in [0.15, 0.2) is 17.0 Å². The van der Waals surface area contributed by atoms with Gasteiger partial charge in [-0.3, -0.25) is 9.69 Å². The number of carbonyl (C=O) groups is 2. The van der Waals surface area contributed by atoms with Crippen LogP contribution < -0.4 is 0 Å². The first kappa shape index (κ1) is 42.6. The molecular weight excluding hydrogens is 691 g/mol. The zero-order valence-corrected chi connectivity index (χ0v) is 33.0. The van der Waals surface area contributed by atoms with Gasteiger partial charge in [0.05, 0.1) is 25.2 Å². The Hall–Kier alpha value is -3.15. The molecule has 2 aromatic carbocycles. The van der Waals surface area contributed by atoms with Crippen LogP contribution in [0.15, 0.2) is 72.8 Å². The molecule has 2 unspecified atom stereocenters. The molecule has 10 heteroatoms. The number of thiocarbonyl (C=S) groups is 1. The Morgan fingerprint density at radius 2 is 1.47 bits per heavy atom. The van der Waals surface area contributed by atoms with E-state index in [0.717, 1.165) is 56.1 Å². The fraction of sp³-hybridized carbons (Fsp3) is 0.605. The van der Waals surface area contributed by atoms with Gasteiger partial charge in [0.1, 0.15) is 0 Å². The topological polar surface area (TPSA) is 115 Å². The van der Waals surface area contributed by atoms with Crippen molar-refractivity contribution in [3.05, 3.63) is 83.9 Å². The molecule has 0 radical (unpaired) electrons. The summed E-state index contributed by atoms with van der Waals surface area (Å²) in [5.41, 5.74) is -1.98. The van der Waals surface area contributed by atoms with Crippen molar-refractivity contribution in [1.29, 1.82) is 0 Å². The van der Waals surface area contributed by atoms with Crippen molar-refractivity contribution in [2.45, 2.75) is 127 Å². The van der Waals surface area contributed by atoms with E-state index in [4.69, 9.17) is 31.2 Å². The van der Waals surface area contributed by atoms with E-state index >= 15 is 0 Å². The van der Waals surface area contributed by atoms with E-state index in [-0.39, 0.29) is 24.1 Å². The van der Waals surface area contributed by atoms with Crippen molar-refractivity contribution in [3.63, 3.8) is 0 Å². The van der Waals surface area contributed by atoms with Gasteiger partial charge in [-0.25, -0.2) is 4.79 Å². The highest BCUT2D eigenvalue weighted by Gasteiger charge is 2.60. The lowest BCUT2D eigenvalue weighted by atomic mass is 9.75. The van der Waals surface area contributed by atoms with E-state index in [9.17, 15) is 19.8 Å². The summed E-state index contributed by atoms with van der Waals surface area (Å²) in [6.07, 6.45) is 15.4. The van der Waals surface area contributed by atoms with E-state index in [1.54, 1.807) is 6.08 Å². The summed E-state index contributed by atoms with van der Waals surface area (Å²) in [6, 6.07) is 18.6. The van der Waals surface area contributed by atoms with Crippen LogP contribution in [0.2, 0.25) is 0 Å². The minimum absolute atomic E-state index is 0.0550. The lowest BCUT2D eigenvalue weighted by Crippen LogP contribution is -2.57. The predicted molar refractivity (Wildman–Crippen MR) is 210 cm³/mol. The summed E-state index contributed by atoms with van der Waals surface area (Å²) in [7, 11) is 1.43. The molecule has 1 amide bonds. The molecule has 0 aliphatic carbocycles. The zero-order valence-electron chi connectivity index (χ0n) is 32.2. The van der Waals surface area contributed by atoms with Gasteiger partial charge in [-0.05, 0) is 43.8 Å². The molecule has 2 saturated heterocycles. The Morgan fingerprint density at radius 3 is 1.98 bits per heavy atom. The van der Waals surface area contributed by atoms with Crippen molar-refractivity contribution < 1.29 is 38.7 Å². The van der Waals surface area contributed by atoms with E-state index in [1.807, 2.05) is 80.6 Å². The Bertz CT molecular complexity index is 1420. The van der Waals surface area contributed by atoms with Crippen LogP contribution >= 0.6 is 12.2 Å². The van der Waals surface area contributed by atoms with Crippen LogP contribution in [0.1, 0.15) is 115 Å². The summed E-state index contributed by atoms with van der Waals surface area (Å²) in [4.78, 5) is 29.1. The third-order valence-corrected chi connectivity index (χ3v) is 11.0. The van der Waals surface area contributed by atoms with Crippen molar-refractivity contribution in [2.75, 3.05) is 26.9 Å². The number of benzene rings is 2. The number of hydrogen-bond acceptors (Lipinski definition) is 8. The minimum atomic E-state index is -2.45. The number of methoxy groups -OCH3 is 1. The zero-order chi connectivity index (χ0) is 38.3. The fourth-order valence-electron chi connectivity index (χ4n) is 7.93. The molecule has 2 fully saturated rings. The van der Waals surface area contributed by atoms with Gasteiger partial charge in [0, 0.05) is 44.1 Å². The summed E-state index contributed by atoms with van der Waals surface area (Å²) in [5, 5.41) is 22.2. The Balaban J connectivity index is 1.51. The second-order valence-corrected chi connectivity index (χ2v) is 15.2. The lowest BCUT2D eigenvalue weighted by molar-refractivity contribution is -0.170. The molecule has 0 saturated carbocycles. The summed E-state index contributed by atoms with van der Waals surface area (Å²) in [6.45, 7) is 7.45. The summed E-state index contributed by atoms with van der Waals surface area (Å²) in [5.74, 6) is -4.21. The van der Waals surface area contributed by atoms with Gasteiger partial charge >= 0.3 is 5.97 Å². The first-order valence-electron chi connectivity index (χ1n) is 19.6. The monoisotopic (exact) mass is 751 g/mol. The molecule has 2 aliphatic rings. The first-order chi connectivity index (χ1) is 25.6. The van der Waals surface area contributed by atoms with E-state index in [2.05, 4.69) is 6.92 Å². The van der Waals surface area contributed by atoms with Crippen molar-refractivity contribution >= 4 is 29.3 Å². The second-order valence-electron chi connectivity index (χ2n) is 14.8. The van der Waals surface area contributed by atoms with Crippen LogP contribution in [0.5, 0.6) is 0 Å². The molecule has 0 bridgehead atoms. The quantitative estimate of drug-likeness (QED) is 0.0655. The number of aliphatic carboxylic acids is 1. The molecule has 53 heavy (non-hydrogen) atoms. The average Bonchev–Trinajstić information content (AvgIpc) is 3.76. The number of hydrogen-bond donors (Lipinski definition) is 2. The van der Waals surface area contributed by atoms with Crippen molar-refractivity contribution in [2.24, 2.45) is 11.8 Å². The van der Waals surface area contributed by atoms with Gasteiger partial charge in [0.2, 0.25) is 5.91 Å². The Morgan fingerprint density at radius 1 is 0.925 bits per heavy atom. The standard InChI is InChI=1S/C43H61NO8S/c1-5-6-7-11-20-27-41(50-31-32-51-41)28-21-12-9-8-10-19-26-36(42(48,39(46)47)29-30-49-4)38(45)44-37(33(2)3)43(52-40(44)53,34-22-15-13-16-23-34)35-24-17-14-18-25-35/h13-19,22-26,33,36-37,48H,5-12,20-21,27-32H2,1-4H3,(H,46,47)/t36?,37-,42?/m0/s1. The second kappa shape index (κ2) is 20.5. The first-order valence-corrected chi connectivity index (χ1v) is 20.0. The van der Waals surface area contributed by atoms with Crippen molar-refractivity contribution in [3.8, 4) is 0 Å². The van der Waals surface area contributed by atoms with Crippen LogP contribution in [-0.2, 0) is 34.1 Å². The molecule has 4 rings (SSSR count). The number of allylic oxidation sites excluding steroid dienone is 1. The molecule has 292 valence electrons. The third kappa shape index (κ3) is 10.3. The predicted octanol–water partition coefficient (Wildman–Crippen LogP) is 8.57. The molecule has 2 N–H and O–H groups in total. The number of nitrogens with zero attached hydrogens (tertiary/aromatic N) is 1. The molecule has 0 aromatic heterocycles. The van der Waals surface area contributed by atoms with E-state index in [0.29, 0.717) is 19.6 Å². The third-order valence-electron chi connectivity index (χ3n) is 10.7. The minimum Gasteiger partial charge on any atom is -0.479 e. The number of carboxylic acid groups (broad SMARTS) is 1. The lowest BCUT2D eigenvalue weighted by Gasteiger charge is -2.39. The smallest absolute Gasteiger partial charge is 0.336 e. The SMILES string of the molecule is CCCCCCCC1(CCCCCCC=CC(C(=O)N2C(=S)OC(c3ccccc3)(c3ccccc3)[C@@H]2C(C)C)C(O)(CCOC)C(=O)O)OCCO1. The molecule has 2 heterocycles. The van der Waals surface area contributed by atoms with E-state index in [1.165, 1.54) is 37.7 Å². The highest BCUT2D eigenvalue weighted by atomic mass is 32.1. The van der Waals surface area contributed by atoms with Gasteiger partial charge < -0.3 is 29.2 Å². The van der Waals surface area contributed by atoms with E-state index < -0.39 is 40.8 Å². The Labute approximate surface area is 322 Å². The average molecular weight is 752 g/mol. The fourth-order valence-corrected chi connectivity index (χ4v) is 8.27. The Kier molecular flexibility index (Phi) is 16.5. The summed E-state index contributed by atoms with van der Waals surface area (Å²) >= 11 is 5.83. The normalized spacial score (nSPS) is 19.8. The van der Waals surface area contributed by atoms with Gasteiger partial charge in [-0.2, -0.15) is 0 Å². The highest BCUT2D eigenvalue weighted by Crippen LogP contribution is 2.48. The van der Waals surface area contributed by atoms with Crippen LogP contribution in [0.25, 0.3) is 0 Å². The van der Waals surface area contributed by atoms with Crippen LogP contribution in [0.4, 0.5) is 0 Å². The van der Waals surface area contributed by atoms with Crippen molar-refractivity contribution in [1.82, 2.24) is 4.90 Å². The number of rotatable bonds is 23. The number of amides is 1. The number of carbonyl (C=O) groups excluding carboxylic acids is 1. The maximum atomic E-state index is 14.8. The molecular formula is C43H61NO8S. The van der Waals surface area contributed by atoms with Gasteiger partial charge in [0.25, 0.3) is 5.17 Å². The molecule has 0 spiro atoms. The maximum absolute atomic E-state index is 14.8. The van der Waals surface area contributed by atoms with Crippen LogP contribution in [-0.4, -0.2) is 76.5 Å². The number of ether oxygens (including phenoxy) is 4. The number of carboxylic acids is 1. The molecule has 2 aliphatic heterocycles. The van der Waals surface area contributed by atoms with Crippen LogP contribution in [0.3, 0.4) is 0 Å². The van der Waals surface area contributed by atoms with Crippen LogP contribution in [0, 0.1) is 11.8 Å². The largest absolute Gasteiger partial charge is 0.479 e. The molecule has 2 aromatic rings. The molecule has 9 nitrogen and oxygen atoms in total. The highest BCUT2D eigenvalue weighted by molar-refractivity contribution is 7.80. The summed E-state index contributed by atoms with van der Waals surface area (Å²) < 4.78 is 24.0. The molecule has 3 atom stereocenters. The number of unbranched alkanes of at least 4 members (excludes halogenated alkanes) is 8.